The molecule has 5 heteroatoms. The number of hydrogen-bond acceptors (Lipinski definition) is 5. The molecule has 0 saturated carbocycles. The molecular weight excluding hydrogens is 302 g/mol. The van der Waals surface area contributed by atoms with Crippen LogP contribution in [0.2, 0.25) is 0 Å². The van der Waals surface area contributed by atoms with Gasteiger partial charge in [-0.2, -0.15) is 4.98 Å². The first-order valence-electron chi connectivity index (χ1n) is 8.45. The van der Waals surface area contributed by atoms with Gasteiger partial charge in [-0.05, 0) is 11.5 Å². The number of terminal acetylenes is 1. The Morgan fingerprint density at radius 3 is 2.54 bits per heavy atom. The number of hydrogen-bond donors (Lipinski definition) is 0. The van der Waals surface area contributed by atoms with Crippen molar-refractivity contribution in [1.29, 1.82) is 0 Å². The normalized spacial score (nSPS) is 15.8. The molecule has 0 aromatic carbocycles. The number of aromatic nitrogens is 1. The maximum atomic E-state index is 6.07. The Labute approximate surface area is 146 Å². The summed E-state index contributed by atoms with van der Waals surface area (Å²) in [6, 6.07) is 2.03. The molecule has 0 radical (unpaired) electrons. The minimum absolute atomic E-state index is 0.0856. The highest BCUT2D eigenvalue weighted by Gasteiger charge is 2.23. The van der Waals surface area contributed by atoms with Gasteiger partial charge in [0.2, 0.25) is 5.88 Å². The Hall–Kier alpha value is -1.77. The van der Waals surface area contributed by atoms with Gasteiger partial charge in [0.15, 0.2) is 0 Å². The maximum Gasteiger partial charge on any atom is 0.219 e. The lowest BCUT2D eigenvalue weighted by Gasteiger charge is -2.28. The largest absolute Gasteiger partial charge is 0.476 e. The number of ether oxygens (including phenoxy) is 2. The van der Waals surface area contributed by atoms with E-state index in [1.807, 2.05) is 25.1 Å². The van der Waals surface area contributed by atoms with Crippen molar-refractivity contribution in [1.82, 2.24) is 9.88 Å². The molecule has 0 spiro atoms. The highest BCUT2D eigenvalue weighted by Crippen LogP contribution is 2.33. The molecule has 1 saturated heterocycles. The standard InChI is InChI=1S/C19H29N3O2/c1-7-15-14-16(19(2,3)4)18(20-17(15)21(5)6)24-13-10-22-8-11-23-12-9-22/h1,14H,8-13H2,2-6H3. The number of nitrogens with zero attached hydrogens (tertiary/aromatic N) is 3. The highest BCUT2D eigenvalue weighted by atomic mass is 16.5. The fourth-order valence-electron chi connectivity index (χ4n) is 2.68. The molecule has 0 aliphatic carbocycles. The zero-order chi connectivity index (χ0) is 17.7. The minimum atomic E-state index is -0.0856. The van der Waals surface area contributed by atoms with Gasteiger partial charge in [-0.1, -0.05) is 26.7 Å². The topological polar surface area (TPSA) is 37.8 Å². The van der Waals surface area contributed by atoms with E-state index in [4.69, 9.17) is 20.9 Å². The van der Waals surface area contributed by atoms with Crippen LogP contribution in [0.4, 0.5) is 5.82 Å². The van der Waals surface area contributed by atoms with Gasteiger partial charge in [0.05, 0.1) is 18.8 Å². The molecule has 2 heterocycles. The van der Waals surface area contributed by atoms with Gasteiger partial charge in [0.1, 0.15) is 12.4 Å². The molecule has 0 N–H and O–H groups in total. The number of rotatable bonds is 5. The summed E-state index contributed by atoms with van der Waals surface area (Å²) in [5.41, 5.74) is 1.76. The Kier molecular flexibility index (Phi) is 6.09. The zero-order valence-corrected chi connectivity index (χ0v) is 15.6. The summed E-state index contributed by atoms with van der Waals surface area (Å²) in [4.78, 5) is 8.99. The molecule has 1 aromatic heterocycles. The van der Waals surface area contributed by atoms with Crippen LogP contribution in [-0.4, -0.2) is 63.4 Å². The number of pyridine rings is 1. The van der Waals surface area contributed by atoms with Crippen LogP contribution >= 0.6 is 0 Å². The van der Waals surface area contributed by atoms with Crippen molar-refractivity contribution in [2.45, 2.75) is 26.2 Å². The van der Waals surface area contributed by atoms with Crippen molar-refractivity contribution in [3.8, 4) is 18.2 Å². The fourth-order valence-corrected chi connectivity index (χ4v) is 2.68. The summed E-state index contributed by atoms with van der Waals surface area (Å²) in [6.07, 6.45) is 5.67. The molecule has 1 aromatic rings. The van der Waals surface area contributed by atoms with E-state index in [9.17, 15) is 0 Å². The molecule has 0 atom stereocenters. The minimum Gasteiger partial charge on any atom is -0.476 e. The molecule has 0 bridgehead atoms. The van der Waals surface area contributed by atoms with Crippen LogP contribution in [0.1, 0.15) is 31.9 Å². The van der Waals surface area contributed by atoms with Crippen molar-refractivity contribution in [2.24, 2.45) is 0 Å². The molecule has 24 heavy (non-hydrogen) atoms. The van der Waals surface area contributed by atoms with E-state index in [-0.39, 0.29) is 5.41 Å². The van der Waals surface area contributed by atoms with Gasteiger partial charge in [-0.15, -0.1) is 6.42 Å². The second kappa shape index (κ2) is 7.87. The summed E-state index contributed by atoms with van der Waals surface area (Å²) >= 11 is 0. The molecule has 0 amide bonds. The van der Waals surface area contributed by atoms with Crippen molar-refractivity contribution < 1.29 is 9.47 Å². The van der Waals surface area contributed by atoms with Crippen LogP contribution in [0, 0.1) is 12.3 Å². The van der Waals surface area contributed by atoms with E-state index in [2.05, 4.69) is 31.6 Å². The molecule has 1 fully saturated rings. The molecule has 132 valence electrons. The van der Waals surface area contributed by atoms with Crippen LogP contribution in [-0.2, 0) is 10.2 Å². The second-order valence-electron chi connectivity index (χ2n) is 7.30. The van der Waals surface area contributed by atoms with E-state index in [0.717, 1.165) is 49.8 Å². The first-order chi connectivity index (χ1) is 11.3. The number of anilines is 1. The Morgan fingerprint density at radius 1 is 1.33 bits per heavy atom. The third-order valence-electron chi connectivity index (χ3n) is 4.10. The predicted octanol–water partition coefficient (Wildman–Crippen LogP) is 2.14. The van der Waals surface area contributed by atoms with Gasteiger partial charge in [-0.3, -0.25) is 4.90 Å². The molecule has 2 rings (SSSR count). The fraction of sp³-hybridized carbons (Fsp3) is 0.632. The lowest BCUT2D eigenvalue weighted by atomic mass is 9.87. The molecule has 0 unspecified atom stereocenters. The van der Waals surface area contributed by atoms with Crippen molar-refractivity contribution in [2.75, 3.05) is 58.5 Å². The van der Waals surface area contributed by atoms with E-state index in [0.29, 0.717) is 12.5 Å². The quantitative estimate of drug-likeness (QED) is 0.773. The van der Waals surface area contributed by atoms with Crippen LogP contribution < -0.4 is 9.64 Å². The van der Waals surface area contributed by atoms with E-state index in [1.165, 1.54) is 0 Å². The van der Waals surface area contributed by atoms with E-state index < -0.39 is 0 Å². The maximum absolute atomic E-state index is 6.07. The zero-order valence-electron chi connectivity index (χ0n) is 15.6. The second-order valence-corrected chi connectivity index (χ2v) is 7.30. The Bertz CT molecular complexity index is 594. The first-order valence-corrected chi connectivity index (χ1v) is 8.45. The van der Waals surface area contributed by atoms with Crippen molar-refractivity contribution in [3.05, 3.63) is 17.2 Å². The van der Waals surface area contributed by atoms with E-state index in [1.54, 1.807) is 0 Å². The Balaban J connectivity index is 2.19. The summed E-state index contributed by atoms with van der Waals surface area (Å²) in [5.74, 6) is 4.19. The van der Waals surface area contributed by atoms with Crippen molar-refractivity contribution >= 4 is 5.82 Å². The first kappa shape index (κ1) is 18.6. The Morgan fingerprint density at radius 2 is 2.00 bits per heavy atom. The SMILES string of the molecule is C#Cc1cc(C(C)(C)C)c(OCCN2CCOCC2)nc1N(C)C. The summed E-state index contributed by atoms with van der Waals surface area (Å²) in [5, 5.41) is 0. The highest BCUT2D eigenvalue weighted by molar-refractivity contribution is 5.58. The van der Waals surface area contributed by atoms with Gasteiger partial charge in [0.25, 0.3) is 0 Å². The monoisotopic (exact) mass is 331 g/mol. The van der Waals surface area contributed by atoms with Gasteiger partial charge >= 0.3 is 0 Å². The summed E-state index contributed by atoms with van der Waals surface area (Å²) < 4.78 is 11.4. The predicted molar refractivity (Wildman–Crippen MR) is 98.0 cm³/mol. The van der Waals surface area contributed by atoms with Crippen LogP contribution in [0.5, 0.6) is 5.88 Å². The lowest BCUT2D eigenvalue weighted by molar-refractivity contribution is 0.0319. The summed E-state index contributed by atoms with van der Waals surface area (Å²) in [7, 11) is 3.88. The van der Waals surface area contributed by atoms with Crippen LogP contribution in [0.25, 0.3) is 0 Å². The molecule has 5 nitrogen and oxygen atoms in total. The summed E-state index contributed by atoms with van der Waals surface area (Å²) in [6.45, 7) is 11.4. The van der Waals surface area contributed by atoms with Gasteiger partial charge < -0.3 is 14.4 Å². The van der Waals surface area contributed by atoms with Crippen molar-refractivity contribution in [3.63, 3.8) is 0 Å². The molecule has 1 aliphatic heterocycles. The van der Waals surface area contributed by atoms with Crippen LogP contribution in [0.3, 0.4) is 0 Å². The van der Waals surface area contributed by atoms with E-state index >= 15 is 0 Å². The average molecular weight is 331 g/mol. The smallest absolute Gasteiger partial charge is 0.219 e. The third-order valence-corrected chi connectivity index (χ3v) is 4.10. The third kappa shape index (κ3) is 4.62. The molecule has 1 aliphatic rings. The lowest BCUT2D eigenvalue weighted by Crippen LogP contribution is -2.38. The average Bonchev–Trinajstić information content (AvgIpc) is 2.54. The number of morpholine rings is 1. The molecular formula is C19H29N3O2. The van der Waals surface area contributed by atoms with Crippen LogP contribution in [0.15, 0.2) is 6.07 Å². The van der Waals surface area contributed by atoms with Gasteiger partial charge in [0, 0.05) is 39.3 Å². The van der Waals surface area contributed by atoms with Gasteiger partial charge in [-0.25, -0.2) is 0 Å².